The van der Waals surface area contributed by atoms with Crippen LogP contribution >= 0.6 is 0 Å². The van der Waals surface area contributed by atoms with Gasteiger partial charge >= 0.3 is 0 Å². The molecule has 2 rings (SSSR count). The van der Waals surface area contributed by atoms with Crippen molar-refractivity contribution in [3.05, 3.63) is 54.1 Å². The lowest BCUT2D eigenvalue weighted by Crippen LogP contribution is -2.14. The van der Waals surface area contributed by atoms with E-state index < -0.39 is 0 Å². The van der Waals surface area contributed by atoms with E-state index in [2.05, 4.69) is 5.32 Å². The van der Waals surface area contributed by atoms with E-state index in [0.717, 1.165) is 0 Å². The average Bonchev–Trinajstić information content (AvgIpc) is 2.50. The number of benzene rings is 2. The van der Waals surface area contributed by atoms with Crippen molar-refractivity contribution in [1.82, 2.24) is 0 Å². The number of para-hydroxylation sites is 3. The van der Waals surface area contributed by atoms with Crippen molar-refractivity contribution in [2.24, 2.45) is 0 Å². The Bertz CT molecular complexity index is 640. The highest BCUT2D eigenvalue weighted by Gasteiger charge is 2.14. The highest BCUT2D eigenvalue weighted by atomic mass is 16.5. The SMILES string of the molecule is CCOc1ccccc1C(=O)Nc1ccccc1OC=O. The second kappa shape index (κ2) is 7.09. The van der Waals surface area contributed by atoms with Gasteiger partial charge in [-0.3, -0.25) is 9.59 Å². The maximum Gasteiger partial charge on any atom is 0.298 e. The minimum absolute atomic E-state index is 0.287. The number of ether oxygens (including phenoxy) is 2. The summed E-state index contributed by atoms with van der Waals surface area (Å²) < 4.78 is 10.3. The van der Waals surface area contributed by atoms with E-state index in [1.54, 1.807) is 48.5 Å². The van der Waals surface area contributed by atoms with E-state index in [1.807, 2.05) is 6.92 Å². The second-order valence-electron chi connectivity index (χ2n) is 4.09. The van der Waals surface area contributed by atoms with Crippen LogP contribution in [0.4, 0.5) is 5.69 Å². The van der Waals surface area contributed by atoms with E-state index in [1.165, 1.54) is 0 Å². The third-order valence-corrected chi connectivity index (χ3v) is 2.74. The first-order valence-electron chi connectivity index (χ1n) is 6.48. The molecule has 0 spiro atoms. The number of hydrogen-bond acceptors (Lipinski definition) is 4. The maximum absolute atomic E-state index is 12.3. The van der Waals surface area contributed by atoms with Crippen LogP contribution in [0.15, 0.2) is 48.5 Å². The fourth-order valence-electron chi connectivity index (χ4n) is 1.85. The molecule has 0 fully saturated rings. The number of anilines is 1. The molecule has 5 heteroatoms. The molecule has 0 aliphatic carbocycles. The maximum atomic E-state index is 12.3. The number of carbonyl (C=O) groups excluding carboxylic acids is 2. The molecule has 2 aromatic carbocycles. The predicted molar refractivity (Wildman–Crippen MR) is 78.7 cm³/mol. The van der Waals surface area contributed by atoms with Gasteiger partial charge in [-0.1, -0.05) is 24.3 Å². The zero-order valence-corrected chi connectivity index (χ0v) is 11.5. The molecule has 1 amide bonds. The first kappa shape index (κ1) is 14.6. The molecule has 1 N–H and O–H groups in total. The molecule has 0 aliphatic rings. The molecule has 0 unspecified atom stereocenters. The summed E-state index contributed by atoms with van der Waals surface area (Å²) in [7, 11) is 0. The fraction of sp³-hybridized carbons (Fsp3) is 0.125. The van der Waals surface area contributed by atoms with Crippen LogP contribution in [0.2, 0.25) is 0 Å². The molecule has 108 valence electrons. The van der Waals surface area contributed by atoms with E-state index in [4.69, 9.17) is 9.47 Å². The van der Waals surface area contributed by atoms with Crippen LogP contribution in [0.25, 0.3) is 0 Å². The van der Waals surface area contributed by atoms with Gasteiger partial charge < -0.3 is 14.8 Å². The summed E-state index contributed by atoms with van der Waals surface area (Å²) in [6.45, 7) is 2.64. The monoisotopic (exact) mass is 285 g/mol. The molecule has 0 saturated heterocycles. The van der Waals surface area contributed by atoms with E-state index in [9.17, 15) is 9.59 Å². The van der Waals surface area contributed by atoms with Crippen LogP contribution in [0.5, 0.6) is 11.5 Å². The number of nitrogens with one attached hydrogen (secondary N) is 1. The number of carbonyl (C=O) groups is 2. The Morgan fingerprint density at radius 1 is 1.10 bits per heavy atom. The lowest BCUT2D eigenvalue weighted by molar-refractivity contribution is -0.120. The smallest absolute Gasteiger partial charge is 0.298 e. The van der Waals surface area contributed by atoms with Crippen LogP contribution in [0, 0.1) is 0 Å². The molecule has 0 radical (unpaired) electrons. The van der Waals surface area contributed by atoms with Crippen molar-refractivity contribution >= 4 is 18.1 Å². The number of rotatable bonds is 6. The van der Waals surface area contributed by atoms with Crippen molar-refractivity contribution < 1.29 is 19.1 Å². The van der Waals surface area contributed by atoms with Gasteiger partial charge in [0.2, 0.25) is 0 Å². The molecular weight excluding hydrogens is 270 g/mol. The fourth-order valence-corrected chi connectivity index (χ4v) is 1.85. The van der Waals surface area contributed by atoms with Crippen LogP contribution in [-0.2, 0) is 4.79 Å². The highest BCUT2D eigenvalue weighted by Crippen LogP contribution is 2.25. The Labute approximate surface area is 122 Å². The number of amides is 1. The molecule has 2 aromatic rings. The van der Waals surface area contributed by atoms with E-state index in [-0.39, 0.29) is 11.7 Å². The summed E-state index contributed by atoms with van der Waals surface area (Å²) in [6.07, 6.45) is 0. The summed E-state index contributed by atoms with van der Waals surface area (Å²) in [5.41, 5.74) is 0.834. The summed E-state index contributed by atoms with van der Waals surface area (Å²) in [5, 5.41) is 2.71. The summed E-state index contributed by atoms with van der Waals surface area (Å²) >= 11 is 0. The molecule has 0 atom stereocenters. The van der Waals surface area contributed by atoms with E-state index >= 15 is 0 Å². The first-order valence-corrected chi connectivity index (χ1v) is 6.48. The van der Waals surface area contributed by atoms with Gasteiger partial charge in [0.05, 0.1) is 17.9 Å². The van der Waals surface area contributed by atoms with Gasteiger partial charge in [-0.15, -0.1) is 0 Å². The summed E-state index contributed by atoms with van der Waals surface area (Å²) in [5.74, 6) is 0.460. The van der Waals surface area contributed by atoms with Gasteiger partial charge in [0.15, 0.2) is 5.75 Å². The van der Waals surface area contributed by atoms with Crippen molar-refractivity contribution in [2.45, 2.75) is 6.92 Å². The quantitative estimate of drug-likeness (QED) is 0.829. The van der Waals surface area contributed by atoms with Crippen LogP contribution in [0.1, 0.15) is 17.3 Å². The van der Waals surface area contributed by atoms with E-state index in [0.29, 0.717) is 30.1 Å². The predicted octanol–water partition coefficient (Wildman–Crippen LogP) is 2.87. The van der Waals surface area contributed by atoms with Gasteiger partial charge in [-0.25, -0.2) is 0 Å². The van der Waals surface area contributed by atoms with Crippen molar-refractivity contribution in [3.8, 4) is 11.5 Å². The van der Waals surface area contributed by atoms with Gasteiger partial charge in [0.1, 0.15) is 5.75 Å². The number of hydrogen-bond donors (Lipinski definition) is 1. The normalized spacial score (nSPS) is 9.76. The minimum Gasteiger partial charge on any atom is -0.493 e. The third-order valence-electron chi connectivity index (χ3n) is 2.74. The first-order chi connectivity index (χ1) is 10.3. The van der Waals surface area contributed by atoms with Crippen molar-refractivity contribution in [2.75, 3.05) is 11.9 Å². The second-order valence-corrected chi connectivity index (χ2v) is 4.09. The molecule has 5 nitrogen and oxygen atoms in total. The molecule has 21 heavy (non-hydrogen) atoms. The highest BCUT2D eigenvalue weighted by molar-refractivity contribution is 6.06. The van der Waals surface area contributed by atoms with Crippen molar-refractivity contribution in [3.63, 3.8) is 0 Å². The van der Waals surface area contributed by atoms with Gasteiger partial charge in [0, 0.05) is 0 Å². The third kappa shape index (κ3) is 3.60. The Morgan fingerprint density at radius 2 is 1.76 bits per heavy atom. The standard InChI is InChI=1S/C16H15NO4/c1-2-20-14-9-5-3-7-12(14)16(19)17-13-8-4-6-10-15(13)21-11-18/h3-11H,2H2,1H3,(H,17,19). The Kier molecular flexibility index (Phi) is 4.93. The largest absolute Gasteiger partial charge is 0.493 e. The Morgan fingerprint density at radius 3 is 2.48 bits per heavy atom. The Hall–Kier alpha value is -2.82. The van der Waals surface area contributed by atoms with Crippen LogP contribution in [-0.4, -0.2) is 19.0 Å². The summed E-state index contributed by atoms with van der Waals surface area (Å²) in [4.78, 5) is 22.8. The van der Waals surface area contributed by atoms with Crippen LogP contribution in [0.3, 0.4) is 0 Å². The Balaban J connectivity index is 2.24. The van der Waals surface area contributed by atoms with Gasteiger partial charge in [0.25, 0.3) is 12.4 Å². The lowest BCUT2D eigenvalue weighted by Gasteiger charge is -2.12. The van der Waals surface area contributed by atoms with Crippen LogP contribution < -0.4 is 14.8 Å². The molecular formula is C16H15NO4. The molecule has 0 aromatic heterocycles. The van der Waals surface area contributed by atoms with Gasteiger partial charge in [-0.2, -0.15) is 0 Å². The molecule has 0 heterocycles. The average molecular weight is 285 g/mol. The zero-order valence-electron chi connectivity index (χ0n) is 11.5. The van der Waals surface area contributed by atoms with Gasteiger partial charge in [-0.05, 0) is 31.2 Å². The minimum atomic E-state index is -0.332. The van der Waals surface area contributed by atoms with Crippen molar-refractivity contribution in [1.29, 1.82) is 0 Å². The lowest BCUT2D eigenvalue weighted by atomic mass is 10.2. The molecule has 0 bridgehead atoms. The summed E-state index contributed by atoms with van der Waals surface area (Å²) in [6, 6.07) is 13.6. The molecule has 0 saturated carbocycles. The topological polar surface area (TPSA) is 64.6 Å². The molecule has 0 aliphatic heterocycles. The zero-order chi connectivity index (χ0) is 15.1.